The molecule has 0 bridgehead atoms. The first kappa shape index (κ1) is 12.9. The Hall–Kier alpha value is -0.130. The summed E-state index contributed by atoms with van der Waals surface area (Å²) in [6, 6.07) is 0.586. The molecule has 1 fully saturated rings. The lowest BCUT2D eigenvalue weighted by atomic mass is 9.87. The Morgan fingerprint density at radius 2 is 1.73 bits per heavy atom. The summed E-state index contributed by atoms with van der Waals surface area (Å²) >= 11 is 0. The quantitative estimate of drug-likeness (QED) is 0.689. The Morgan fingerprint density at radius 1 is 1.13 bits per heavy atom. The number of rotatable bonds is 5. The van der Waals surface area contributed by atoms with Gasteiger partial charge in [0.2, 0.25) is 10.0 Å². The van der Waals surface area contributed by atoms with Crippen molar-refractivity contribution in [2.75, 3.05) is 19.3 Å². The van der Waals surface area contributed by atoms with E-state index in [0.29, 0.717) is 12.6 Å². The van der Waals surface area contributed by atoms with E-state index in [1.54, 1.807) is 0 Å². The van der Waals surface area contributed by atoms with Gasteiger partial charge in [0.1, 0.15) is 0 Å². The van der Waals surface area contributed by atoms with Crippen LogP contribution in [0.5, 0.6) is 0 Å². The van der Waals surface area contributed by atoms with Gasteiger partial charge in [-0.1, -0.05) is 6.92 Å². The van der Waals surface area contributed by atoms with Gasteiger partial charge in [0.05, 0.1) is 6.26 Å². The zero-order valence-electron chi connectivity index (χ0n) is 9.62. The monoisotopic (exact) mass is 234 g/mol. The molecule has 0 saturated heterocycles. The zero-order valence-corrected chi connectivity index (χ0v) is 10.4. The molecular formula is C10H22N2O2S. The maximum atomic E-state index is 10.8. The van der Waals surface area contributed by atoms with Crippen LogP contribution in [-0.4, -0.2) is 33.8 Å². The third kappa shape index (κ3) is 6.12. The summed E-state index contributed by atoms with van der Waals surface area (Å²) in [6.07, 6.45) is 6.21. The molecule has 0 aromatic carbocycles. The summed E-state index contributed by atoms with van der Waals surface area (Å²) in [4.78, 5) is 0. The molecule has 0 spiro atoms. The van der Waals surface area contributed by atoms with Gasteiger partial charge in [-0.05, 0) is 31.6 Å². The molecule has 0 amide bonds. The molecule has 15 heavy (non-hydrogen) atoms. The van der Waals surface area contributed by atoms with Crippen LogP contribution < -0.4 is 10.0 Å². The lowest BCUT2D eigenvalue weighted by molar-refractivity contribution is 0.309. The number of sulfonamides is 1. The van der Waals surface area contributed by atoms with Crippen LogP contribution in [0.1, 0.15) is 32.6 Å². The number of hydrogen-bond acceptors (Lipinski definition) is 3. The first-order valence-electron chi connectivity index (χ1n) is 5.65. The van der Waals surface area contributed by atoms with Gasteiger partial charge >= 0.3 is 0 Å². The molecule has 1 aliphatic carbocycles. The van der Waals surface area contributed by atoms with Gasteiger partial charge < -0.3 is 5.32 Å². The second-order valence-corrected chi connectivity index (χ2v) is 6.41. The van der Waals surface area contributed by atoms with Crippen LogP contribution >= 0.6 is 0 Å². The number of nitrogens with one attached hydrogen (secondary N) is 2. The van der Waals surface area contributed by atoms with Gasteiger partial charge in [-0.25, -0.2) is 13.1 Å². The molecule has 0 aromatic heterocycles. The summed E-state index contributed by atoms with van der Waals surface area (Å²) in [5, 5.41) is 3.39. The molecule has 5 heteroatoms. The van der Waals surface area contributed by atoms with Gasteiger partial charge in [-0.3, -0.25) is 0 Å². The minimum absolute atomic E-state index is 0.491. The Labute approximate surface area is 92.9 Å². The lowest BCUT2D eigenvalue weighted by Crippen LogP contribution is -2.38. The highest BCUT2D eigenvalue weighted by Gasteiger charge is 2.17. The largest absolute Gasteiger partial charge is 0.313 e. The smallest absolute Gasteiger partial charge is 0.208 e. The number of hydrogen-bond donors (Lipinski definition) is 2. The molecule has 0 heterocycles. The van der Waals surface area contributed by atoms with Crippen molar-refractivity contribution >= 4 is 10.0 Å². The molecule has 0 aliphatic heterocycles. The molecule has 0 radical (unpaired) electrons. The highest BCUT2D eigenvalue weighted by Crippen LogP contribution is 2.23. The molecule has 0 aromatic rings. The SMILES string of the molecule is CC1CCC(NCCNS(C)(=O)=O)CC1. The molecule has 1 saturated carbocycles. The molecule has 2 N–H and O–H groups in total. The zero-order chi connectivity index (χ0) is 11.3. The van der Waals surface area contributed by atoms with E-state index >= 15 is 0 Å². The summed E-state index contributed by atoms with van der Waals surface area (Å²) in [5.41, 5.74) is 0. The van der Waals surface area contributed by atoms with Crippen LogP contribution in [0, 0.1) is 5.92 Å². The summed E-state index contributed by atoms with van der Waals surface area (Å²) in [5.74, 6) is 0.859. The third-order valence-electron chi connectivity index (χ3n) is 2.94. The van der Waals surface area contributed by atoms with Crippen molar-refractivity contribution in [3.8, 4) is 0 Å². The van der Waals surface area contributed by atoms with Crippen LogP contribution in [0.2, 0.25) is 0 Å². The predicted molar refractivity (Wildman–Crippen MR) is 62.3 cm³/mol. The van der Waals surface area contributed by atoms with Crippen molar-refractivity contribution in [1.82, 2.24) is 10.0 Å². The molecular weight excluding hydrogens is 212 g/mol. The Bertz CT molecular complexity index is 269. The van der Waals surface area contributed by atoms with E-state index < -0.39 is 10.0 Å². The second kappa shape index (κ2) is 5.82. The normalized spacial score (nSPS) is 27.9. The van der Waals surface area contributed by atoms with Crippen LogP contribution in [0.25, 0.3) is 0 Å². The fraction of sp³-hybridized carbons (Fsp3) is 1.00. The topological polar surface area (TPSA) is 58.2 Å². The molecule has 1 aliphatic rings. The van der Waals surface area contributed by atoms with Crippen molar-refractivity contribution in [3.63, 3.8) is 0 Å². The van der Waals surface area contributed by atoms with Gasteiger partial charge in [0.15, 0.2) is 0 Å². The fourth-order valence-electron chi connectivity index (χ4n) is 1.98. The molecule has 1 rings (SSSR count). The van der Waals surface area contributed by atoms with Crippen molar-refractivity contribution in [2.24, 2.45) is 5.92 Å². The van der Waals surface area contributed by atoms with E-state index in [-0.39, 0.29) is 0 Å². The minimum atomic E-state index is -3.03. The van der Waals surface area contributed by atoms with Crippen molar-refractivity contribution < 1.29 is 8.42 Å². The first-order chi connectivity index (χ1) is 6.97. The average Bonchev–Trinajstić information content (AvgIpc) is 2.14. The summed E-state index contributed by atoms with van der Waals surface area (Å²) in [7, 11) is -3.03. The van der Waals surface area contributed by atoms with E-state index in [0.717, 1.165) is 12.5 Å². The Kier molecular flexibility index (Phi) is 5.02. The van der Waals surface area contributed by atoms with E-state index in [9.17, 15) is 8.42 Å². The highest BCUT2D eigenvalue weighted by atomic mass is 32.2. The maximum Gasteiger partial charge on any atom is 0.208 e. The molecule has 0 unspecified atom stereocenters. The molecule has 4 nitrogen and oxygen atoms in total. The first-order valence-corrected chi connectivity index (χ1v) is 7.54. The van der Waals surface area contributed by atoms with Crippen LogP contribution in [0.4, 0.5) is 0 Å². The van der Waals surface area contributed by atoms with Gasteiger partial charge in [-0.15, -0.1) is 0 Å². The van der Waals surface area contributed by atoms with E-state index in [1.807, 2.05) is 0 Å². The lowest BCUT2D eigenvalue weighted by Gasteiger charge is -2.27. The van der Waals surface area contributed by atoms with Crippen molar-refractivity contribution in [3.05, 3.63) is 0 Å². The van der Waals surface area contributed by atoms with Crippen molar-refractivity contribution in [2.45, 2.75) is 38.6 Å². The Balaban J connectivity index is 2.06. The Morgan fingerprint density at radius 3 is 2.27 bits per heavy atom. The van der Waals surface area contributed by atoms with Crippen molar-refractivity contribution in [1.29, 1.82) is 0 Å². The van der Waals surface area contributed by atoms with Gasteiger partial charge in [0, 0.05) is 19.1 Å². The van der Waals surface area contributed by atoms with E-state index in [4.69, 9.17) is 0 Å². The van der Waals surface area contributed by atoms with Crippen LogP contribution in [0.3, 0.4) is 0 Å². The van der Waals surface area contributed by atoms with E-state index in [1.165, 1.54) is 31.9 Å². The maximum absolute atomic E-state index is 10.8. The average molecular weight is 234 g/mol. The molecule has 90 valence electrons. The van der Waals surface area contributed by atoms with Crippen LogP contribution in [-0.2, 0) is 10.0 Å². The minimum Gasteiger partial charge on any atom is -0.313 e. The van der Waals surface area contributed by atoms with Crippen LogP contribution in [0.15, 0.2) is 0 Å². The van der Waals surface area contributed by atoms with Gasteiger partial charge in [-0.2, -0.15) is 0 Å². The summed E-state index contributed by atoms with van der Waals surface area (Å²) < 4.78 is 24.1. The van der Waals surface area contributed by atoms with E-state index in [2.05, 4.69) is 17.0 Å². The second-order valence-electron chi connectivity index (χ2n) is 4.58. The highest BCUT2D eigenvalue weighted by molar-refractivity contribution is 7.88. The standard InChI is InChI=1S/C10H22N2O2S/c1-9-3-5-10(6-4-9)11-7-8-12-15(2,13)14/h9-12H,3-8H2,1-2H3. The summed E-state index contributed by atoms with van der Waals surface area (Å²) in [6.45, 7) is 3.51. The van der Waals surface area contributed by atoms with Gasteiger partial charge in [0.25, 0.3) is 0 Å². The third-order valence-corrected chi connectivity index (χ3v) is 3.67. The molecule has 0 atom stereocenters. The fourth-order valence-corrected chi connectivity index (χ4v) is 2.45. The predicted octanol–water partition coefficient (Wildman–Crippen LogP) is 0.704.